The Morgan fingerprint density at radius 3 is 2.82 bits per heavy atom. The van der Waals surface area contributed by atoms with Crippen molar-refractivity contribution in [3.63, 3.8) is 0 Å². The zero-order valence-corrected chi connectivity index (χ0v) is 16.4. The summed E-state index contributed by atoms with van der Waals surface area (Å²) in [6.45, 7) is 4.14. The fraction of sp³-hybridized carbons (Fsp3) is 0.476. The number of para-hydroxylation sites is 1. The molecule has 28 heavy (non-hydrogen) atoms. The molecule has 1 aromatic carbocycles. The van der Waals surface area contributed by atoms with E-state index in [0.29, 0.717) is 42.8 Å². The largest absolute Gasteiger partial charge is 0.487 e. The second-order valence-electron chi connectivity index (χ2n) is 7.82. The average Bonchev–Trinajstić information content (AvgIpc) is 2.96. The van der Waals surface area contributed by atoms with Gasteiger partial charge in [-0.25, -0.2) is 0 Å². The van der Waals surface area contributed by atoms with Crippen LogP contribution in [0.3, 0.4) is 0 Å². The van der Waals surface area contributed by atoms with Gasteiger partial charge < -0.3 is 19.5 Å². The Labute approximate surface area is 164 Å². The first-order chi connectivity index (χ1) is 13.4. The van der Waals surface area contributed by atoms with Crippen molar-refractivity contribution in [2.75, 3.05) is 13.6 Å². The summed E-state index contributed by atoms with van der Waals surface area (Å²) in [5.41, 5.74) is 1.54. The minimum absolute atomic E-state index is 0.135. The molecule has 1 fully saturated rings. The van der Waals surface area contributed by atoms with Gasteiger partial charge in [-0.15, -0.1) is 0 Å². The van der Waals surface area contributed by atoms with E-state index in [1.807, 2.05) is 31.3 Å². The summed E-state index contributed by atoms with van der Waals surface area (Å²) in [5.74, 6) is 1.21. The van der Waals surface area contributed by atoms with Crippen molar-refractivity contribution in [3.8, 4) is 5.75 Å². The molecule has 2 aliphatic rings. The molecule has 2 aromatic rings. The SMILES string of the molecule is Cc1noc(C)c1C(=O)N[C@H]1C[C@]2(CCC(=O)N(C)CC2)Oc2ccccc21. The molecule has 148 valence electrons. The highest BCUT2D eigenvalue weighted by atomic mass is 16.5. The number of nitrogens with one attached hydrogen (secondary N) is 1. The van der Waals surface area contributed by atoms with E-state index in [-0.39, 0.29) is 17.9 Å². The first kappa shape index (κ1) is 18.5. The van der Waals surface area contributed by atoms with Crippen LogP contribution in [-0.2, 0) is 4.79 Å². The van der Waals surface area contributed by atoms with Crippen molar-refractivity contribution < 1.29 is 18.8 Å². The molecule has 0 aliphatic carbocycles. The van der Waals surface area contributed by atoms with Crippen molar-refractivity contribution >= 4 is 11.8 Å². The first-order valence-corrected chi connectivity index (χ1v) is 9.64. The Bertz CT molecular complexity index is 903. The molecule has 2 amide bonds. The van der Waals surface area contributed by atoms with Crippen LogP contribution in [0.1, 0.15) is 59.1 Å². The third-order valence-corrected chi connectivity index (χ3v) is 5.89. The van der Waals surface area contributed by atoms with Gasteiger partial charge in [-0.1, -0.05) is 23.4 Å². The van der Waals surface area contributed by atoms with Crippen molar-refractivity contribution in [1.29, 1.82) is 0 Å². The highest BCUT2D eigenvalue weighted by Crippen LogP contribution is 2.44. The third kappa shape index (κ3) is 3.25. The predicted molar refractivity (Wildman–Crippen MR) is 102 cm³/mol. The summed E-state index contributed by atoms with van der Waals surface area (Å²) in [6, 6.07) is 7.58. The van der Waals surface area contributed by atoms with Gasteiger partial charge in [0.2, 0.25) is 5.91 Å². The van der Waals surface area contributed by atoms with Gasteiger partial charge in [0.1, 0.15) is 22.7 Å². The molecule has 0 radical (unpaired) electrons. The monoisotopic (exact) mass is 383 g/mol. The Hall–Kier alpha value is -2.83. The second-order valence-corrected chi connectivity index (χ2v) is 7.82. The number of ether oxygens (including phenoxy) is 1. The normalized spacial score (nSPS) is 24.5. The van der Waals surface area contributed by atoms with E-state index in [1.54, 1.807) is 18.7 Å². The molecule has 1 spiro atoms. The van der Waals surface area contributed by atoms with Crippen LogP contribution in [0.5, 0.6) is 5.75 Å². The van der Waals surface area contributed by atoms with Gasteiger partial charge >= 0.3 is 0 Å². The van der Waals surface area contributed by atoms with Gasteiger partial charge in [-0.3, -0.25) is 9.59 Å². The number of fused-ring (bicyclic) bond motifs is 1. The molecule has 2 atom stereocenters. The summed E-state index contributed by atoms with van der Waals surface area (Å²) in [7, 11) is 1.83. The highest BCUT2D eigenvalue weighted by molar-refractivity contribution is 5.96. The number of likely N-dealkylation sites (tertiary alicyclic amines) is 1. The summed E-state index contributed by atoms with van der Waals surface area (Å²) in [4.78, 5) is 26.9. The van der Waals surface area contributed by atoms with E-state index in [9.17, 15) is 9.59 Å². The van der Waals surface area contributed by atoms with Crippen molar-refractivity contribution in [2.45, 2.75) is 51.2 Å². The number of rotatable bonds is 2. The molecular formula is C21H25N3O4. The molecule has 7 heteroatoms. The predicted octanol–water partition coefficient (Wildman–Crippen LogP) is 2.93. The smallest absolute Gasteiger partial charge is 0.257 e. The zero-order valence-electron chi connectivity index (χ0n) is 16.4. The molecule has 1 N–H and O–H groups in total. The van der Waals surface area contributed by atoms with Crippen molar-refractivity contribution in [3.05, 3.63) is 46.8 Å². The van der Waals surface area contributed by atoms with Gasteiger partial charge in [0, 0.05) is 38.4 Å². The number of aryl methyl sites for hydroxylation is 2. The lowest BCUT2D eigenvalue weighted by atomic mass is 9.82. The molecule has 0 unspecified atom stereocenters. The minimum atomic E-state index is -0.467. The van der Waals surface area contributed by atoms with Gasteiger partial charge in [0.15, 0.2) is 0 Å². The minimum Gasteiger partial charge on any atom is -0.487 e. The Kier molecular flexibility index (Phi) is 4.61. The fourth-order valence-electron chi connectivity index (χ4n) is 4.24. The summed E-state index contributed by atoms with van der Waals surface area (Å²) in [5, 5.41) is 7.04. The topological polar surface area (TPSA) is 84.7 Å². The van der Waals surface area contributed by atoms with Crippen LogP contribution in [0.25, 0.3) is 0 Å². The molecule has 7 nitrogen and oxygen atoms in total. The Morgan fingerprint density at radius 2 is 2.07 bits per heavy atom. The van der Waals surface area contributed by atoms with Crippen LogP contribution < -0.4 is 10.1 Å². The summed E-state index contributed by atoms with van der Waals surface area (Å²) >= 11 is 0. The number of carbonyl (C=O) groups excluding carboxylic acids is 2. The maximum atomic E-state index is 13.0. The molecule has 1 aromatic heterocycles. The Morgan fingerprint density at radius 1 is 1.29 bits per heavy atom. The number of amides is 2. The maximum absolute atomic E-state index is 13.0. The van der Waals surface area contributed by atoms with Crippen LogP contribution in [0.2, 0.25) is 0 Å². The maximum Gasteiger partial charge on any atom is 0.257 e. The summed E-state index contributed by atoms with van der Waals surface area (Å²) in [6.07, 6.45) is 2.45. The lowest BCUT2D eigenvalue weighted by Crippen LogP contribution is -2.46. The average molecular weight is 383 g/mol. The zero-order chi connectivity index (χ0) is 19.9. The number of hydrogen-bond acceptors (Lipinski definition) is 5. The second kappa shape index (κ2) is 6.96. The standard InChI is InChI=1S/C21H25N3O4/c1-13-19(14(2)28-23-13)20(26)22-16-12-21(9-8-18(25)24(3)11-10-21)27-17-7-5-4-6-15(16)17/h4-7,16H,8-12H2,1-3H3,(H,22,26)/t16-,21+/m0/s1. The lowest BCUT2D eigenvalue weighted by Gasteiger charge is -2.42. The van der Waals surface area contributed by atoms with Crippen LogP contribution in [0.4, 0.5) is 0 Å². The van der Waals surface area contributed by atoms with E-state index in [1.165, 1.54) is 0 Å². The molecule has 3 heterocycles. The number of carbonyl (C=O) groups is 2. The fourth-order valence-corrected chi connectivity index (χ4v) is 4.24. The molecule has 0 saturated carbocycles. The number of nitrogens with zero attached hydrogens (tertiary/aromatic N) is 2. The van der Waals surface area contributed by atoms with E-state index in [0.717, 1.165) is 17.7 Å². The van der Waals surface area contributed by atoms with Crippen molar-refractivity contribution in [1.82, 2.24) is 15.4 Å². The Balaban J connectivity index is 1.64. The van der Waals surface area contributed by atoms with Crippen molar-refractivity contribution in [2.24, 2.45) is 0 Å². The van der Waals surface area contributed by atoms with Crippen LogP contribution in [0.15, 0.2) is 28.8 Å². The number of benzene rings is 1. The van der Waals surface area contributed by atoms with E-state index < -0.39 is 5.60 Å². The van der Waals surface area contributed by atoms with Gasteiger partial charge in [0.25, 0.3) is 5.91 Å². The molecule has 0 bridgehead atoms. The first-order valence-electron chi connectivity index (χ1n) is 9.64. The van der Waals surface area contributed by atoms with Crippen LogP contribution >= 0.6 is 0 Å². The highest BCUT2D eigenvalue weighted by Gasteiger charge is 2.43. The quantitative estimate of drug-likeness (QED) is 0.862. The molecular weight excluding hydrogens is 358 g/mol. The van der Waals surface area contributed by atoms with Gasteiger partial charge in [-0.2, -0.15) is 0 Å². The molecule has 4 rings (SSSR count). The molecule has 2 aliphatic heterocycles. The summed E-state index contributed by atoms with van der Waals surface area (Å²) < 4.78 is 11.6. The van der Waals surface area contributed by atoms with Gasteiger partial charge in [0.05, 0.1) is 11.7 Å². The van der Waals surface area contributed by atoms with Crippen LogP contribution in [0, 0.1) is 13.8 Å². The van der Waals surface area contributed by atoms with Crippen LogP contribution in [-0.4, -0.2) is 41.1 Å². The molecule has 1 saturated heterocycles. The van der Waals surface area contributed by atoms with E-state index in [2.05, 4.69) is 10.5 Å². The lowest BCUT2D eigenvalue weighted by molar-refractivity contribution is -0.129. The van der Waals surface area contributed by atoms with E-state index in [4.69, 9.17) is 9.26 Å². The van der Waals surface area contributed by atoms with E-state index >= 15 is 0 Å². The van der Waals surface area contributed by atoms with Gasteiger partial charge in [-0.05, 0) is 26.3 Å². The number of aromatic nitrogens is 1. The third-order valence-electron chi connectivity index (χ3n) is 5.89. The number of hydrogen-bond donors (Lipinski definition) is 1.